The van der Waals surface area contributed by atoms with Crippen LogP contribution in [0.3, 0.4) is 0 Å². The van der Waals surface area contributed by atoms with Gasteiger partial charge in [0.2, 0.25) is 0 Å². The largest absolute Gasteiger partial charge is 0.350 e. The zero-order valence-electron chi connectivity index (χ0n) is 8.31. The standard InChI is InChI=1S/C8H10BrN3O4/c9-3-1-2-4-11-5-6(12(15)16)7(13)10-8(11)14/h5H,1-4H2,(H,10,13,14). The van der Waals surface area contributed by atoms with Crippen LogP contribution in [0.1, 0.15) is 12.8 Å². The lowest BCUT2D eigenvalue weighted by atomic mass is 10.3. The summed E-state index contributed by atoms with van der Waals surface area (Å²) in [5.41, 5.74) is -2.20. The summed E-state index contributed by atoms with van der Waals surface area (Å²) in [6, 6.07) is 0. The molecular weight excluding hydrogens is 282 g/mol. The van der Waals surface area contributed by atoms with Crippen molar-refractivity contribution in [2.24, 2.45) is 0 Å². The van der Waals surface area contributed by atoms with Gasteiger partial charge in [0.25, 0.3) is 0 Å². The van der Waals surface area contributed by atoms with Crippen LogP contribution in [0.2, 0.25) is 0 Å². The van der Waals surface area contributed by atoms with Crippen molar-refractivity contribution in [2.45, 2.75) is 19.4 Å². The molecule has 1 N–H and O–H groups in total. The normalized spacial score (nSPS) is 10.3. The first kappa shape index (κ1) is 12.6. The van der Waals surface area contributed by atoms with Gasteiger partial charge in [0.15, 0.2) is 0 Å². The topological polar surface area (TPSA) is 98.0 Å². The number of nitrogens with zero attached hydrogens (tertiary/aromatic N) is 2. The van der Waals surface area contributed by atoms with Crippen LogP contribution in [0.25, 0.3) is 0 Å². The van der Waals surface area contributed by atoms with Crippen molar-refractivity contribution in [1.29, 1.82) is 0 Å². The lowest BCUT2D eigenvalue weighted by Gasteiger charge is -2.02. The number of unbranched alkanes of at least 4 members (excludes halogenated alkanes) is 1. The number of aromatic amines is 1. The van der Waals surface area contributed by atoms with Crippen LogP contribution in [0, 0.1) is 10.1 Å². The lowest BCUT2D eigenvalue weighted by molar-refractivity contribution is -0.386. The Labute approximate surface area is 98.4 Å². The van der Waals surface area contributed by atoms with Crippen LogP contribution in [0.4, 0.5) is 5.69 Å². The Balaban J connectivity index is 3.01. The molecule has 1 rings (SSSR count). The van der Waals surface area contributed by atoms with Gasteiger partial charge in [0.05, 0.1) is 11.1 Å². The summed E-state index contributed by atoms with van der Waals surface area (Å²) in [5.74, 6) is 0. The van der Waals surface area contributed by atoms with Gasteiger partial charge in [-0.05, 0) is 12.8 Å². The fourth-order valence-corrected chi connectivity index (χ4v) is 1.57. The number of nitro groups is 1. The lowest BCUT2D eigenvalue weighted by Crippen LogP contribution is -2.30. The van der Waals surface area contributed by atoms with Crippen molar-refractivity contribution < 1.29 is 4.92 Å². The Bertz CT molecular complexity index is 493. The van der Waals surface area contributed by atoms with E-state index in [1.807, 2.05) is 4.98 Å². The highest BCUT2D eigenvalue weighted by Gasteiger charge is 2.14. The van der Waals surface area contributed by atoms with Crippen molar-refractivity contribution in [3.8, 4) is 0 Å². The minimum Gasteiger partial charge on any atom is -0.294 e. The molecule has 0 saturated heterocycles. The van der Waals surface area contributed by atoms with Gasteiger partial charge in [-0.3, -0.25) is 24.5 Å². The van der Waals surface area contributed by atoms with Crippen LogP contribution in [-0.2, 0) is 6.54 Å². The molecule has 0 saturated carbocycles. The van der Waals surface area contributed by atoms with Crippen molar-refractivity contribution >= 4 is 21.6 Å². The van der Waals surface area contributed by atoms with E-state index in [1.165, 1.54) is 0 Å². The summed E-state index contributed by atoms with van der Waals surface area (Å²) < 4.78 is 1.14. The van der Waals surface area contributed by atoms with Crippen LogP contribution in [0.5, 0.6) is 0 Å². The number of rotatable bonds is 5. The smallest absolute Gasteiger partial charge is 0.294 e. The molecule has 0 aliphatic rings. The highest BCUT2D eigenvalue weighted by molar-refractivity contribution is 9.09. The summed E-state index contributed by atoms with van der Waals surface area (Å²) >= 11 is 3.24. The van der Waals surface area contributed by atoms with Crippen LogP contribution >= 0.6 is 15.9 Å². The SMILES string of the molecule is O=c1[nH]c(=O)n(CCCCBr)cc1[N+](=O)[O-]. The van der Waals surface area contributed by atoms with Crippen molar-refractivity contribution in [3.63, 3.8) is 0 Å². The highest BCUT2D eigenvalue weighted by atomic mass is 79.9. The summed E-state index contributed by atoms with van der Waals surface area (Å²) in [7, 11) is 0. The van der Waals surface area contributed by atoms with E-state index in [4.69, 9.17) is 0 Å². The maximum absolute atomic E-state index is 11.3. The van der Waals surface area contributed by atoms with E-state index >= 15 is 0 Å². The number of aromatic nitrogens is 2. The first-order chi connectivity index (χ1) is 7.56. The molecule has 88 valence electrons. The molecule has 0 spiro atoms. The summed E-state index contributed by atoms with van der Waals surface area (Å²) in [4.78, 5) is 33.9. The van der Waals surface area contributed by atoms with E-state index in [0.29, 0.717) is 13.0 Å². The molecule has 0 aliphatic heterocycles. The molecule has 0 atom stereocenters. The van der Waals surface area contributed by atoms with Gasteiger partial charge in [0, 0.05) is 11.9 Å². The molecule has 8 heteroatoms. The predicted molar refractivity (Wildman–Crippen MR) is 61.0 cm³/mol. The first-order valence-electron chi connectivity index (χ1n) is 4.60. The molecule has 0 radical (unpaired) electrons. The molecule has 16 heavy (non-hydrogen) atoms. The van der Waals surface area contributed by atoms with Gasteiger partial charge in [-0.15, -0.1) is 0 Å². The molecule has 1 aromatic rings. The average Bonchev–Trinajstić information content (AvgIpc) is 2.21. The van der Waals surface area contributed by atoms with E-state index in [2.05, 4.69) is 15.9 Å². The molecule has 1 heterocycles. The highest BCUT2D eigenvalue weighted by Crippen LogP contribution is 2.01. The average molecular weight is 292 g/mol. The minimum atomic E-state index is -0.966. The van der Waals surface area contributed by atoms with Gasteiger partial charge >= 0.3 is 16.9 Å². The van der Waals surface area contributed by atoms with E-state index < -0.39 is 21.9 Å². The van der Waals surface area contributed by atoms with Crippen LogP contribution < -0.4 is 11.2 Å². The van der Waals surface area contributed by atoms with Gasteiger partial charge in [-0.2, -0.15) is 0 Å². The molecule has 0 aromatic carbocycles. The second-order valence-electron chi connectivity index (χ2n) is 3.12. The van der Waals surface area contributed by atoms with Gasteiger partial charge in [-0.1, -0.05) is 15.9 Å². The molecule has 7 nitrogen and oxygen atoms in total. The maximum atomic E-state index is 11.3. The van der Waals surface area contributed by atoms with Gasteiger partial charge < -0.3 is 0 Å². The number of hydrogen-bond acceptors (Lipinski definition) is 4. The zero-order valence-corrected chi connectivity index (χ0v) is 9.90. The Morgan fingerprint density at radius 3 is 2.69 bits per heavy atom. The molecule has 1 aromatic heterocycles. The first-order valence-corrected chi connectivity index (χ1v) is 5.72. The maximum Gasteiger partial charge on any atom is 0.350 e. The third-order valence-corrected chi connectivity index (χ3v) is 2.53. The summed E-state index contributed by atoms with van der Waals surface area (Å²) in [6.07, 6.45) is 2.53. The number of halogens is 1. The third kappa shape index (κ3) is 3.02. The van der Waals surface area contributed by atoms with Gasteiger partial charge in [-0.25, -0.2) is 4.79 Å². The number of hydrogen-bond donors (Lipinski definition) is 1. The fourth-order valence-electron chi connectivity index (χ4n) is 1.17. The Morgan fingerprint density at radius 2 is 2.12 bits per heavy atom. The zero-order chi connectivity index (χ0) is 12.1. The van der Waals surface area contributed by atoms with E-state index in [0.717, 1.165) is 22.5 Å². The number of nitrogens with one attached hydrogen (secondary N) is 1. The van der Waals surface area contributed by atoms with Crippen LogP contribution in [0.15, 0.2) is 15.8 Å². The quantitative estimate of drug-likeness (QED) is 0.372. The van der Waals surface area contributed by atoms with E-state index in [9.17, 15) is 19.7 Å². The van der Waals surface area contributed by atoms with Crippen molar-refractivity contribution in [1.82, 2.24) is 9.55 Å². The number of alkyl halides is 1. The molecule has 0 amide bonds. The number of H-pyrrole nitrogens is 1. The summed E-state index contributed by atoms with van der Waals surface area (Å²) in [6.45, 7) is 0.349. The third-order valence-electron chi connectivity index (χ3n) is 1.97. The second-order valence-corrected chi connectivity index (χ2v) is 3.91. The molecule has 0 aliphatic carbocycles. The monoisotopic (exact) mass is 291 g/mol. The Morgan fingerprint density at radius 1 is 1.44 bits per heavy atom. The second kappa shape index (κ2) is 5.59. The number of aryl methyl sites for hydroxylation is 1. The summed E-state index contributed by atoms with van der Waals surface area (Å²) in [5, 5.41) is 11.3. The van der Waals surface area contributed by atoms with Crippen LogP contribution in [-0.4, -0.2) is 19.8 Å². The predicted octanol–water partition coefficient (Wildman–Crippen LogP) is 0.620. The van der Waals surface area contributed by atoms with Crippen molar-refractivity contribution in [3.05, 3.63) is 37.1 Å². The van der Waals surface area contributed by atoms with Crippen molar-refractivity contribution in [2.75, 3.05) is 5.33 Å². The minimum absolute atomic E-state index is 0.349. The van der Waals surface area contributed by atoms with E-state index in [1.54, 1.807) is 0 Å². The molecule has 0 unspecified atom stereocenters. The molecule has 0 fully saturated rings. The fraction of sp³-hybridized carbons (Fsp3) is 0.500. The van der Waals surface area contributed by atoms with Gasteiger partial charge in [0.1, 0.15) is 0 Å². The molecule has 0 bridgehead atoms. The van der Waals surface area contributed by atoms with E-state index in [-0.39, 0.29) is 0 Å². The molecular formula is C8H10BrN3O4. The Kier molecular flexibility index (Phi) is 4.41. The Hall–Kier alpha value is -1.44.